The Morgan fingerprint density at radius 1 is 1.26 bits per heavy atom. The molecule has 0 atom stereocenters. The Morgan fingerprint density at radius 3 is 2.58 bits per heavy atom. The van der Waals surface area contributed by atoms with E-state index >= 15 is 0 Å². The third-order valence-electron chi connectivity index (χ3n) is 4.32. The Labute approximate surface area is 113 Å². The van der Waals surface area contributed by atoms with E-state index in [1.54, 1.807) is 14.2 Å². The van der Waals surface area contributed by atoms with Gasteiger partial charge < -0.3 is 14.4 Å². The minimum absolute atomic E-state index is 0.155. The molecular formula is C15H19NO3. The molecule has 0 aromatic heterocycles. The van der Waals surface area contributed by atoms with E-state index in [0.717, 1.165) is 37.1 Å². The molecule has 3 rings (SSSR count). The van der Waals surface area contributed by atoms with Gasteiger partial charge in [0.2, 0.25) is 0 Å². The standard InChI is InChI=1S/C15H19NO3/c1-18-15(19-2)7-11(8-15)9-16-10-12-5-3-4-6-13(12)14(16)17/h3-6,11H,7-10H2,1-2H3. The molecule has 0 spiro atoms. The minimum Gasteiger partial charge on any atom is -0.353 e. The van der Waals surface area contributed by atoms with Gasteiger partial charge in [0.05, 0.1) is 0 Å². The van der Waals surface area contributed by atoms with E-state index in [1.165, 1.54) is 0 Å². The Hall–Kier alpha value is -1.39. The van der Waals surface area contributed by atoms with Crippen molar-refractivity contribution < 1.29 is 14.3 Å². The number of carbonyl (C=O) groups is 1. The monoisotopic (exact) mass is 261 g/mol. The molecule has 19 heavy (non-hydrogen) atoms. The van der Waals surface area contributed by atoms with Crippen molar-refractivity contribution in [1.29, 1.82) is 0 Å². The predicted octanol–water partition coefficient (Wildman–Crippen LogP) is 2.04. The number of fused-ring (bicyclic) bond motifs is 1. The number of methoxy groups -OCH3 is 2. The van der Waals surface area contributed by atoms with Crippen molar-refractivity contribution in [2.24, 2.45) is 5.92 Å². The van der Waals surface area contributed by atoms with Crippen molar-refractivity contribution in [2.75, 3.05) is 20.8 Å². The second kappa shape index (κ2) is 4.62. The fraction of sp³-hybridized carbons (Fsp3) is 0.533. The molecule has 0 saturated heterocycles. The summed E-state index contributed by atoms with van der Waals surface area (Å²) in [6.45, 7) is 1.53. The van der Waals surface area contributed by atoms with Crippen LogP contribution in [0.25, 0.3) is 0 Å². The van der Waals surface area contributed by atoms with Gasteiger partial charge in [-0.05, 0) is 17.5 Å². The van der Waals surface area contributed by atoms with Gasteiger partial charge in [-0.25, -0.2) is 0 Å². The maximum atomic E-state index is 12.2. The number of amides is 1. The average Bonchev–Trinajstić information content (AvgIpc) is 2.71. The molecule has 1 heterocycles. The molecule has 1 aromatic carbocycles. The van der Waals surface area contributed by atoms with Crippen LogP contribution in [-0.4, -0.2) is 37.4 Å². The second-order valence-electron chi connectivity index (χ2n) is 5.44. The van der Waals surface area contributed by atoms with Crippen molar-refractivity contribution in [1.82, 2.24) is 4.90 Å². The summed E-state index contributed by atoms with van der Waals surface area (Å²) in [5.41, 5.74) is 1.99. The number of hydrogen-bond acceptors (Lipinski definition) is 3. The highest BCUT2D eigenvalue weighted by Gasteiger charge is 2.46. The van der Waals surface area contributed by atoms with Crippen LogP contribution in [0.1, 0.15) is 28.8 Å². The molecular weight excluding hydrogens is 242 g/mol. The molecule has 4 heteroatoms. The van der Waals surface area contributed by atoms with Crippen LogP contribution < -0.4 is 0 Å². The smallest absolute Gasteiger partial charge is 0.254 e. The molecule has 0 radical (unpaired) electrons. The van der Waals surface area contributed by atoms with Crippen LogP contribution in [0.4, 0.5) is 0 Å². The fourth-order valence-corrected chi connectivity index (χ4v) is 3.14. The zero-order valence-corrected chi connectivity index (χ0v) is 11.4. The molecule has 0 bridgehead atoms. The van der Waals surface area contributed by atoms with E-state index in [4.69, 9.17) is 9.47 Å². The van der Waals surface area contributed by atoms with Crippen LogP contribution in [0.2, 0.25) is 0 Å². The van der Waals surface area contributed by atoms with E-state index in [0.29, 0.717) is 5.92 Å². The molecule has 0 N–H and O–H groups in total. The van der Waals surface area contributed by atoms with Crippen LogP contribution in [0.5, 0.6) is 0 Å². The number of hydrogen-bond donors (Lipinski definition) is 0. The number of ether oxygens (including phenoxy) is 2. The third kappa shape index (κ3) is 2.05. The lowest BCUT2D eigenvalue weighted by Gasteiger charge is -2.46. The molecule has 1 fully saturated rings. The zero-order valence-electron chi connectivity index (χ0n) is 11.4. The first-order valence-corrected chi connectivity index (χ1v) is 6.65. The Kier molecular flexibility index (Phi) is 3.07. The second-order valence-corrected chi connectivity index (χ2v) is 5.44. The Balaban J connectivity index is 1.61. The summed E-state index contributed by atoms with van der Waals surface area (Å²) in [5.74, 6) is 0.210. The number of carbonyl (C=O) groups excluding carboxylic acids is 1. The van der Waals surface area contributed by atoms with E-state index in [-0.39, 0.29) is 5.91 Å². The summed E-state index contributed by atoms with van der Waals surface area (Å²) in [6, 6.07) is 7.85. The molecule has 1 saturated carbocycles. The number of nitrogens with zero attached hydrogens (tertiary/aromatic N) is 1. The first-order valence-electron chi connectivity index (χ1n) is 6.65. The highest BCUT2D eigenvalue weighted by molar-refractivity contribution is 5.98. The van der Waals surface area contributed by atoms with Crippen LogP contribution in [0.15, 0.2) is 24.3 Å². The van der Waals surface area contributed by atoms with Gasteiger partial charge in [0.15, 0.2) is 5.79 Å². The van der Waals surface area contributed by atoms with Gasteiger partial charge in [-0.3, -0.25) is 4.79 Å². The average molecular weight is 261 g/mol. The quantitative estimate of drug-likeness (QED) is 0.779. The third-order valence-corrected chi connectivity index (χ3v) is 4.32. The summed E-state index contributed by atoms with van der Waals surface area (Å²) in [5, 5.41) is 0. The van der Waals surface area contributed by atoms with E-state index in [2.05, 4.69) is 0 Å². The lowest BCUT2D eigenvalue weighted by Crippen LogP contribution is -2.50. The lowest BCUT2D eigenvalue weighted by molar-refractivity contribution is -0.271. The van der Waals surface area contributed by atoms with Crippen molar-refractivity contribution >= 4 is 5.91 Å². The van der Waals surface area contributed by atoms with Gasteiger partial charge in [0, 0.05) is 45.7 Å². The summed E-state index contributed by atoms with van der Waals surface area (Å²) in [6.07, 6.45) is 1.72. The van der Waals surface area contributed by atoms with Gasteiger partial charge in [0.25, 0.3) is 5.91 Å². The van der Waals surface area contributed by atoms with E-state index < -0.39 is 5.79 Å². The van der Waals surface area contributed by atoms with E-state index in [9.17, 15) is 4.79 Å². The normalized spacial score (nSPS) is 21.4. The molecule has 1 aromatic rings. The maximum Gasteiger partial charge on any atom is 0.254 e. The minimum atomic E-state index is -0.416. The lowest BCUT2D eigenvalue weighted by atomic mass is 9.78. The summed E-state index contributed by atoms with van der Waals surface area (Å²) >= 11 is 0. The van der Waals surface area contributed by atoms with Crippen molar-refractivity contribution in [3.05, 3.63) is 35.4 Å². The Morgan fingerprint density at radius 2 is 1.95 bits per heavy atom. The summed E-state index contributed by atoms with van der Waals surface area (Å²) in [7, 11) is 3.35. The van der Waals surface area contributed by atoms with Crippen LogP contribution in [0, 0.1) is 5.92 Å². The molecule has 1 aliphatic heterocycles. The highest BCUT2D eigenvalue weighted by atomic mass is 16.7. The van der Waals surface area contributed by atoms with Crippen molar-refractivity contribution in [3.63, 3.8) is 0 Å². The molecule has 1 aliphatic carbocycles. The van der Waals surface area contributed by atoms with Crippen molar-refractivity contribution in [3.8, 4) is 0 Å². The zero-order chi connectivity index (χ0) is 13.5. The number of rotatable bonds is 4. The first kappa shape index (κ1) is 12.6. The largest absolute Gasteiger partial charge is 0.353 e. The van der Waals surface area contributed by atoms with Crippen LogP contribution >= 0.6 is 0 Å². The fourth-order valence-electron chi connectivity index (χ4n) is 3.14. The van der Waals surface area contributed by atoms with E-state index in [1.807, 2.05) is 29.2 Å². The summed E-state index contributed by atoms with van der Waals surface area (Å²) < 4.78 is 10.8. The van der Waals surface area contributed by atoms with Crippen molar-refractivity contribution in [2.45, 2.75) is 25.2 Å². The highest BCUT2D eigenvalue weighted by Crippen LogP contribution is 2.42. The molecule has 2 aliphatic rings. The molecule has 1 amide bonds. The predicted molar refractivity (Wildman–Crippen MR) is 70.7 cm³/mol. The molecule has 4 nitrogen and oxygen atoms in total. The topological polar surface area (TPSA) is 38.8 Å². The van der Waals surface area contributed by atoms with Gasteiger partial charge >= 0.3 is 0 Å². The maximum absolute atomic E-state index is 12.2. The molecule has 0 unspecified atom stereocenters. The first-order chi connectivity index (χ1) is 9.17. The van der Waals surface area contributed by atoms with Crippen LogP contribution in [0.3, 0.4) is 0 Å². The molecule has 102 valence electrons. The summed E-state index contributed by atoms with van der Waals surface area (Å²) in [4.78, 5) is 14.2. The van der Waals surface area contributed by atoms with Gasteiger partial charge in [-0.1, -0.05) is 18.2 Å². The van der Waals surface area contributed by atoms with Gasteiger partial charge in [0.1, 0.15) is 0 Å². The Bertz CT molecular complexity index is 488. The number of benzene rings is 1. The SMILES string of the molecule is COC1(OC)CC(CN2Cc3ccccc3C2=O)C1. The van der Waals surface area contributed by atoms with Gasteiger partial charge in [-0.15, -0.1) is 0 Å². The van der Waals surface area contributed by atoms with Gasteiger partial charge in [-0.2, -0.15) is 0 Å². The van der Waals surface area contributed by atoms with Crippen LogP contribution in [-0.2, 0) is 16.0 Å².